The molecule has 0 saturated carbocycles. The van der Waals surface area contributed by atoms with Crippen LogP contribution in [0.1, 0.15) is 65.2 Å². The molecule has 3 rings (SSSR count). The highest BCUT2D eigenvalue weighted by molar-refractivity contribution is 5.97. The van der Waals surface area contributed by atoms with Crippen LogP contribution in [0.25, 0.3) is 0 Å². The number of hydrogen-bond donors (Lipinski definition) is 0. The summed E-state index contributed by atoms with van der Waals surface area (Å²) < 4.78 is 6.40. The topological polar surface area (TPSA) is 81.5 Å². The lowest BCUT2D eigenvalue weighted by atomic mass is 10.1. The third-order valence-corrected chi connectivity index (χ3v) is 4.82. The van der Waals surface area contributed by atoms with E-state index in [0.717, 1.165) is 18.5 Å². The third-order valence-electron chi connectivity index (χ3n) is 4.82. The summed E-state index contributed by atoms with van der Waals surface area (Å²) in [6, 6.07) is 5.39. The highest BCUT2D eigenvalue weighted by Gasteiger charge is 2.33. The van der Waals surface area contributed by atoms with Gasteiger partial charge in [0.1, 0.15) is 11.1 Å². The average molecular weight is 369 g/mol. The summed E-state index contributed by atoms with van der Waals surface area (Å²) in [6.07, 6.45) is 6.28. The van der Waals surface area contributed by atoms with Crippen LogP contribution in [0.15, 0.2) is 41.6 Å². The average Bonchev–Trinajstić information content (AvgIpc) is 3.17. The van der Waals surface area contributed by atoms with Gasteiger partial charge >= 0.3 is 5.97 Å². The van der Waals surface area contributed by atoms with Gasteiger partial charge in [0.05, 0.1) is 18.8 Å². The minimum absolute atomic E-state index is 0.0190. The molecule has 1 aliphatic heterocycles. The number of esters is 1. The van der Waals surface area contributed by atoms with Crippen LogP contribution >= 0.6 is 0 Å². The lowest BCUT2D eigenvalue weighted by Gasteiger charge is -2.25. The van der Waals surface area contributed by atoms with Gasteiger partial charge in [-0.2, -0.15) is 0 Å². The predicted octanol–water partition coefficient (Wildman–Crippen LogP) is 2.59. The first kappa shape index (κ1) is 18.8. The maximum atomic E-state index is 13.2. The number of likely N-dealkylation sites (tertiary alicyclic amines) is 1. The Morgan fingerprint density at radius 1 is 1.22 bits per heavy atom. The van der Waals surface area contributed by atoms with Gasteiger partial charge in [-0.15, -0.1) is 0 Å². The molecule has 1 aliphatic rings. The standard InChI is InChI=1S/C20H23N3O4/c1-13(2)22-11-14(18(24)15(12-22)20(26)27-3)19(25)23-10-6-8-17(23)16-7-4-5-9-21-16/h4-5,7,9,11-13,17H,6,8,10H2,1-3H3/t17-/m0/s1. The SMILES string of the molecule is COC(=O)c1cn(C(C)C)cc(C(=O)N2CCC[C@H]2c2ccccn2)c1=O. The smallest absolute Gasteiger partial charge is 0.343 e. The van der Waals surface area contributed by atoms with Crippen molar-refractivity contribution in [2.75, 3.05) is 13.7 Å². The second kappa shape index (κ2) is 7.73. The molecule has 0 spiro atoms. The summed E-state index contributed by atoms with van der Waals surface area (Å²) in [4.78, 5) is 44.1. The van der Waals surface area contributed by atoms with Gasteiger partial charge in [-0.25, -0.2) is 4.79 Å². The van der Waals surface area contributed by atoms with E-state index >= 15 is 0 Å². The Hall–Kier alpha value is -2.96. The van der Waals surface area contributed by atoms with Crippen molar-refractivity contribution in [1.82, 2.24) is 14.5 Å². The fourth-order valence-electron chi connectivity index (χ4n) is 3.35. The molecular weight excluding hydrogens is 346 g/mol. The molecule has 1 fully saturated rings. The summed E-state index contributed by atoms with van der Waals surface area (Å²) in [5, 5.41) is 0. The number of methoxy groups -OCH3 is 1. The molecule has 0 aliphatic carbocycles. The van der Waals surface area contributed by atoms with E-state index in [-0.39, 0.29) is 29.1 Å². The molecule has 0 N–H and O–H groups in total. The first-order chi connectivity index (χ1) is 12.9. The van der Waals surface area contributed by atoms with Crippen LogP contribution in [0.4, 0.5) is 0 Å². The van der Waals surface area contributed by atoms with Gasteiger partial charge in [-0.05, 0) is 38.8 Å². The molecule has 7 nitrogen and oxygen atoms in total. The summed E-state index contributed by atoms with van der Waals surface area (Å²) in [5.74, 6) is -1.12. The Kier molecular flexibility index (Phi) is 5.39. The molecule has 142 valence electrons. The van der Waals surface area contributed by atoms with Crippen molar-refractivity contribution < 1.29 is 14.3 Å². The van der Waals surface area contributed by atoms with E-state index in [2.05, 4.69) is 4.98 Å². The number of ether oxygens (including phenoxy) is 1. The van der Waals surface area contributed by atoms with Crippen molar-refractivity contribution in [3.05, 3.63) is 63.8 Å². The molecule has 2 aromatic heterocycles. The van der Waals surface area contributed by atoms with Crippen LogP contribution in [-0.2, 0) is 4.74 Å². The van der Waals surface area contributed by atoms with Crippen molar-refractivity contribution in [3.8, 4) is 0 Å². The van der Waals surface area contributed by atoms with Gasteiger partial charge in [0.25, 0.3) is 5.91 Å². The Labute approximate surface area is 157 Å². The number of carbonyl (C=O) groups is 2. The predicted molar refractivity (Wildman–Crippen MR) is 99.7 cm³/mol. The van der Waals surface area contributed by atoms with Gasteiger partial charge in [-0.1, -0.05) is 6.07 Å². The minimum atomic E-state index is -0.744. The summed E-state index contributed by atoms with van der Waals surface area (Å²) >= 11 is 0. The fourth-order valence-corrected chi connectivity index (χ4v) is 3.35. The van der Waals surface area contributed by atoms with Crippen LogP contribution in [0.5, 0.6) is 0 Å². The second-order valence-corrected chi connectivity index (χ2v) is 6.86. The van der Waals surface area contributed by atoms with E-state index in [1.807, 2.05) is 32.0 Å². The molecule has 0 aromatic carbocycles. The summed E-state index contributed by atoms with van der Waals surface area (Å²) in [7, 11) is 1.22. The highest BCUT2D eigenvalue weighted by atomic mass is 16.5. The quantitative estimate of drug-likeness (QED) is 0.774. The highest BCUT2D eigenvalue weighted by Crippen LogP contribution is 2.31. The monoisotopic (exact) mass is 369 g/mol. The molecule has 0 radical (unpaired) electrons. The molecular formula is C20H23N3O4. The van der Waals surface area contributed by atoms with E-state index in [0.29, 0.717) is 6.54 Å². The zero-order valence-electron chi connectivity index (χ0n) is 15.7. The van der Waals surface area contributed by atoms with Crippen molar-refractivity contribution in [2.45, 2.75) is 38.8 Å². The zero-order chi connectivity index (χ0) is 19.6. The van der Waals surface area contributed by atoms with Gasteiger partial charge in [0.15, 0.2) is 0 Å². The number of nitrogens with zero attached hydrogens (tertiary/aromatic N) is 3. The van der Waals surface area contributed by atoms with Crippen LogP contribution in [0.3, 0.4) is 0 Å². The van der Waals surface area contributed by atoms with E-state index < -0.39 is 11.4 Å². The Morgan fingerprint density at radius 3 is 2.59 bits per heavy atom. The first-order valence-corrected chi connectivity index (χ1v) is 9.00. The molecule has 1 saturated heterocycles. The van der Waals surface area contributed by atoms with E-state index in [9.17, 15) is 14.4 Å². The minimum Gasteiger partial charge on any atom is -0.465 e. The van der Waals surface area contributed by atoms with Crippen molar-refractivity contribution >= 4 is 11.9 Å². The van der Waals surface area contributed by atoms with Crippen LogP contribution in [0, 0.1) is 0 Å². The number of aromatic nitrogens is 2. The Morgan fingerprint density at radius 2 is 1.96 bits per heavy atom. The van der Waals surface area contributed by atoms with Crippen LogP contribution < -0.4 is 5.43 Å². The number of amides is 1. The molecule has 2 aromatic rings. The van der Waals surface area contributed by atoms with Crippen molar-refractivity contribution in [3.63, 3.8) is 0 Å². The lowest BCUT2D eigenvalue weighted by molar-refractivity contribution is 0.0598. The number of rotatable bonds is 4. The maximum Gasteiger partial charge on any atom is 0.343 e. The summed E-state index contributed by atoms with van der Waals surface area (Å²) in [5.41, 5.74) is 0.0483. The van der Waals surface area contributed by atoms with Gasteiger partial charge < -0.3 is 14.2 Å². The Bertz CT molecular complexity index is 905. The second-order valence-electron chi connectivity index (χ2n) is 6.86. The molecule has 3 heterocycles. The van der Waals surface area contributed by atoms with E-state index in [1.54, 1.807) is 15.7 Å². The molecule has 27 heavy (non-hydrogen) atoms. The van der Waals surface area contributed by atoms with Gasteiger partial charge in [0.2, 0.25) is 5.43 Å². The largest absolute Gasteiger partial charge is 0.465 e. The number of carbonyl (C=O) groups excluding carboxylic acids is 2. The third kappa shape index (κ3) is 3.63. The molecule has 7 heteroatoms. The van der Waals surface area contributed by atoms with E-state index in [1.165, 1.54) is 19.5 Å². The molecule has 0 bridgehead atoms. The van der Waals surface area contributed by atoms with Gasteiger partial charge in [0, 0.05) is 31.2 Å². The van der Waals surface area contributed by atoms with Crippen molar-refractivity contribution in [1.29, 1.82) is 0 Å². The van der Waals surface area contributed by atoms with Crippen LogP contribution in [-0.4, -0.2) is 40.0 Å². The molecule has 1 atom stereocenters. The molecule has 1 amide bonds. The summed E-state index contributed by atoms with van der Waals surface area (Å²) in [6.45, 7) is 4.36. The lowest BCUT2D eigenvalue weighted by Crippen LogP contribution is -2.36. The Balaban J connectivity index is 2.04. The first-order valence-electron chi connectivity index (χ1n) is 9.00. The van der Waals surface area contributed by atoms with E-state index in [4.69, 9.17) is 4.74 Å². The molecule has 0 unspecified atom stereocenters. The number of hydrogen-bond acceptors (Lipinski definition) is 5. The van der Waals surface area contributed by atoms with Gasteiger partial charge in [-0.3, -0.25) is 14.6 Å². The van der Waals surface area contributed by atoms with Crippen LogP contribution in [0.2, 0.25) is 0 Å². The maximum absolute atomic E-state index is 13.2. The zero-order valence-corrected chi connectivity index (χ0v) is 15.7. The normalized spacial score (nSPS) is 16.6. The fraction of sp³-hybridized carbons (Fsp3) is 0.400. The number of pyridine rings is 2. The van der Waals surface area contributed by atoms with Crippen molar-refractivity contribution in [2.24, 2.45) is 0 Å².